The number of aromatic nitrogens is 1. The molecule has 0 aliphatic carbocycles. The van der Waals surface area contributed by atoms with Crippen LogP contribution in [0.25, 0.3) is 10.9 Å². The molecule has 0 aliphatic heterocycles. The van der Waals surface area contributed by atoms with Gasteiger partial charge in [0.15, 0.2) is 6.29 Å². The molecule has 0 radical (unpaired) electrons. The second kappa shape index (κ2) is 4.36. The van der Waals surface area contributed by atoms with Gasteiger partial charge in [0.25, 0.3) is 0 Å². The van der Waals surface area contributed by atoms with Crippen molar-refractivity contribution in [3.8, 4) is 5.75 Å². The van der Waals surface area contributed by atoms with Crippen LogP contribution in [0.4, 0.5) is 13.2 Å². The Balaban J connectivity index is 2.66. The maximum atomic E-state index is 12.7. The SMILES string of the molecule is CCOc1ccc2[nH]c(C(F)(F)F)c(C=O)c2c1. The average Bonchev–Trinajstić information content (AvgIpc) is 2.67. The summed E-state index contributed by atoms with van der Waals surface area (Å²) in [5.74, 6) is 0.431. The Morgan fingerprint density at radius 3 is 2.67 bits per heavy atom. The first-order valence-electron chi connectivity index (χ1n) is 5.28. The van der Waals surface area contributed by atoms with E-state index in [0.717, 1.165) is 0 Å². The highest BCUT2D eigenvalue weighted by atomic mass is 19.4. The van der Waals surface area contributed by atoms with Gasteiger partial charge in [-0.3, -0.25) is 4.79 Å². The fourth-order valence-corrected chi connectivity index (χ4v) is 1.79. The van der Waals surface area contributed by atoms with Crippen molar-refractivity contribution < 1.29 is 22.7 Å². The minimum Gasteiger partial charge on any atom is -0.494 e. The first-order chi connectivity index (χ1) is 8.47. The largest absolute Gasteiger partial charge is 0.494 e. The number of benzene rings is 1. The molecular formula is C12H10F3NO2. The zero-order valence-corrected chi connectivity index (χ0v) is 9.47. The van der Waals surface area contributed by atoms with Crippen LogP contribution in [0.3, 0.4) is 0 Å². The van der Waals surface area contributed by atoms with E-state index in [9.17, 15) is 18.0 Å². The van der Waals surface area contributed by atoms with Crippen LogP contribution in [-0.2, 0) is 6.18 Å². The summed E-state index contributed by atoms with van der Waals surface area (Å²) in [5.41, 5.74) is -1.16. The summed E-state index contributed by atoms with van der Waals surface area (Å²) >= 11 is 0. The summed E-state index contributed by atoms with van der Waals surface area (Å²) in [6.45, 7) is 2.17. The quantitative estimate of drug-likeness (QED) is 0.856. The smallest absolute Gasteiger partial charge is 0.431 e. The first-order valence-corrected chi connectivity index (χ1v) is 5.28. The van der Waals surface area contributed by atoms with Crippen LogP contribution in [0.1, 0.15) is 23.0 Å². The number of fused-ring (bicyclic) bond motifs is 1. The number of rotatable bonds is 3. The first kappa shape index (κ1) is 12.5. The zero-order chi connectivity index (χ0) is 13.3. The van der Waals surface area contributed by atoms with Crippen LogP contribution in [-0.4, -0.2) is 17.9 Å². The summed E-state index contributed by atoms with van der Waals surface area (Å²) in [6, 6.07) is 4.44. The molecule has 0 bridgehead atoms. The van der Waals surface area contributed by atoms with Gasteiger partial charge in [0.1, 0.15) is 11.4 Å². The van der Waals surface area contributed by atoms with E-state index in [1.807, 2.05) is 0 Å². The molecular weight excluding hydrogens is 247 g/mol. The zero-order valence-electron chi connectivity index (χ0n) is 9.47. The third-order valence-electron chi connectivity index (χ3n) is 2.52. The van der Waals surface area contributed by atoms with Crippen LogP contribution < -0.4 is 4.74 Å². The topological polar surface area (TPSA) is 42.1 Å². The fourth-order valence-electron chi connectivity index (χ4n) is 1.79. The van der Waals surface area contributed by atoms with E-state index in [1.54, 1.807) is 13.0 Å². The number of H-pyrrole nitrogens is 1. The molecule has 18 heavy (non-hydrogen) atoms. The molecule has 3 nitrogen and oxygen atoms in total. The lowest BCUT2D eigenvalue weighted by atomic mass is 10.1. The van der Waals surface area contributed by atoms with E-state index in [1.165, 1.54) is 12.1 Å². The fraction of sp³-hybridized carbons (Fsp3) is 0.250. The average molecular weight is 257 g/mol. The molecule has 0 spiro atoms. The minimum absolute atomic E-state index is 0.206. The van der Waals surface area contributed by atoms with E-state index >= 15 is 0 Å². The van der Waals surface area contributed by atoms with Crippen LogP contribution >= 0.6 is 0 Å². The van der Waals surface area contributed by atoms with Gasteiger partial charge in [-0.15, -0.1) is 0 Å². The van der Waals surface area contributed by atoms with E-state index in [2.05, 4.69) is 4.98 Å². The second-order valence-electron chi connectivity index (χ2n) is 3.67. The van der Waals surface area contributed by atoms with E-state index in [4.69, 9.17) is 4.74 Å². The lowest BCUT2D eigenvalue weighted by Gasteiger charge is -2.03. The Labute approximate surface area is 101 Å². The second-order valence-corrected chi connectivity index (χ2v) is 3.67. The number of aldehydes is 1. The standard InChI is InChI=1S/C12H10F3NO2/c1-2-18-7-3-4-10-8(5-7)9(6-17)11(16-10)12(13,14)15/h3-6,16H,2H2,1H3. The maximum absolute atomic E-state index is 12.7. The number of aromatic amines is 1. The van der Waals surface area contributed by atoms with Crippen LogP contribution in [0.15, 0.2) is 18.2 Å². The third kappa shape index (κ3) is 2.05. The highest BCUT2D eigenvalue weighted by Gasteiger charge is 2.36. The molecule has 6 heteroatoms. The molecule has 1 N–H and O–H groups in total. The summed E-state index contributed by atoms with van der Waals surface area (Å²) in [7, 11) is 0. The molecule has 0 atom stereocenters. The molecule has 0 fully saturated rings. The summed E-state index contributed by atoms with van der Waals surface area (Å²) in [5, 5.41) is 0.211. The van der Waals surface area contributed by atoms with Gasteiger partial charge in [-0.25, -0.2) is 0 Å². The minimum atomic E-state index is -4.58. The predicted octanol–water partition coefficient (Wildman–Crippen LogP) is 3.40. The number of nitrogens with one attached hydrogen (secondary N) is 1. The number of carbonyl (C=O) groups is 1. The Morgan fingerprint density at radius 2 is 2.11 bits per heavy atom. The molecule has 0 saturated heterocycles. The number of carbonyl (C=O) groups excluding carboxylic acids is 1. The number of ether oxygens (including phenoxy) is 1. The molecule has 2 aromatic rings. The lowest BCUT2D eigenvalue weighted by Crippen LogP contribution is -2.08. The van der Waals surface area contributed by atoms with E-state index < -0.39 is 11.9 Å². The molecule has 0 aliphatic rings. The maximum Gasteiger partial charge on any atom is 0.431 e. The third-order valence-corrected chi connectivity index (χ3v) is 2.52. The molecule has 0 unspecified atom stereocenters. The highest BCUT2D eigenvalue weighted by molar-refractivity contribution is 5.99. The Morgan fingerprint density at radius 1 is 1.39 bits per heavy atom. The van der Waals surface area contributed by atoms with Gasteiger partial charge < -0.3 is 9.72 Å². The number of hydrogen-bond acceptors (Lipinski definition) is 2. The predicted molar refractivity (Wildman–Crippen MR) is 59.9 cm³/mol. The van der Waals surface area contributed by atoms with Crippen LogP contribution in [0, 0.1) is 0 Å². The molecule has 0 amide bonds. The van der Waals surface area contributed by atoms with Crippen molar-refractivity contribution in [2.45, 2.75) is 13.1 Å². The molecule has 0 saturated carbocycles. The molecule has 1 aromatic carbocycles. The Kier molecular flexibility index (Phi) is 3.02. The van der Waals surface area contributed by atoms with Crippen molar-refractivity contribution in [3.63, 3.8) is 0 Å². The van der Waals surface area contributed by atoms with E-state index in [-0.39, 0.29) is 22.8 Å². The summed E-state index contributed by atoms with van der Waals surface area (Å²) < 4.78 is 43.3. The van der Waals surface area contributed by atoms with E-state index in [0.29, 0.717) is 12.4 Å². The van der Waals surface area contributed by atoms with Gasteiger partial charge in [-0.2, -0.15) is 13.2 Å². The summed E-state index contributed by atoms with van der Waals surface area (Å²) in [4.78, 5) is 13.1. The van der Waals surface area contributed by atoms with Gasteiger partial charge in [0, 0.05) is 10.9 Å². The van der Waals surface area contributed by atoms with Crippen molar-refractivity contribution >= 4 is 17.2 Å². The highest BCUT2D eigenvalue weighted by Crippen LogP contribution is 2.35. The number of halogens is 3. The van der Waals surface area contributed by atoms with Crippen molar-refractivity contribution in [1.29, 1.82) is 0 Å². The Hall–Kier alpha value is -1.98. The molecule has 1 aromatic heterocycles. The van der Waals surface area contributed by atoms with Gasteiger partial charge in [0.2, 0.25) is 0 Å². The van der Waals surface area contributed by atoms with Crippen molar-refractivity contribution in [3.05, 3.63) is 29.5 Å². The Bertz CT molecular complexity index is 587. The monoisotopic (exact) mass is 257 g/mol. The van der Waals surface area contributed by atoms with Crippen LogP contribution in [0.2, 0.25) is 0 Å². The van der Waals surface area contributed by atoms with Crippen molar-refractivity contribution in [2.24, 2.45) is 0 Å². The van der Waals surface area contributed by atoms with Gasteiger partial charge in [0.05, 0.1) is 12.2 Å². The van der Waals surface area contributed by atoms with Gasteiger partial charge >= 0.3 is 6.18 Å². The molecule has 2 rings (SSSR count). The van der Waals surface area contributed by atoms with Crippen molar-refractivity contribution in [1.82, 2.24) is 4.98 Å². The van der Waals surface area contributed by atoms with Crippen LogP contribution in [0.5, 0.6) is 5.75 Å². The van der Waals surface area contributed by atoms with Crippen molar-refractivity contribution in [2.75, 3.05) is 6.61 Å². The molecule has 96 valence electrons. The van der Waals surface area contributed by atoms with Gasteiger partial charge in [-0.05, 0) is 25.1 Å². The van der Waals surface area contributed by atoms with Gasteiger partial charge in [-0.1, -0.05) is 0 Å². The normalized spacial score (nSPS) is 11.8. The lowest BCUT2D eigenvalue weighted by molar-refractivity contribution is -0.140. The summed E-state index contributed by atoms with van der Waals surface area (Å²) in [6.07, 6.45) is -4.38. The number of alkyl halides is 3. The molecule has 1 heterocycles. The number of hydrogen-bond donors (Lipinski definition) is 1.